The Morgan fingerprint density at radius 3 is 2.15 bits per heavy atom. The highest BCUT2D eigenvalue weighted by Gasteiger charge is 2.35. The fourth-order valence-corrected chi connectivity index (χ4v) is 1.40. The van der Waals surface area contributed by atoms with Gasteiger partial charge in [-0.1, -0.05) is 11.6 Å². The minimum Gasteiger partial charge on any atom is -0.383 e. The Bertz CT molecular complexity index is 522. The van der Waals surface area contributed by atoms with E-state index in [0.29, 0.717) is 6.07 Å². The summed E-state index contributed by atoms with van der Waals surface area (Å²) in [5.74, 6) is 0. The van der Waals surface area contributed by atoms with Crippen LogP contribution in [0.4, 0.5) is 24.5 Å². The maximum Gasteiger partial charge on any atom is 0.692 e. The second kappa shape index (κ2) is 7.34. The first-order chi connectivity index (χ1) is 9.00. The Labute approximate surface area is 116 Å². The second-order valence-electron chi connectivity index (χ2n) is 3.11. The van der Waals surface area contributed by atoms with Crippen LogP contribution in [-0.4, -0.2) is 21.8 Å². The highest BCUT2D eigenvalue weighted by Crippen LogP contribution is 2.39. The average molecular weight is 336 g/mol. The molecule has 0 saturated heterocycles. The quantitative estimate of drug-likeness (QED) is 0.435. The lowest BCUT2D eigenvalue weighted by atomic mass is 10.1. The number of nitro groups is 1. The van der Waals surface area contributed by atoms with Crippen molar-refractivity contribution in [3.63, 3.8) is 0 Å². The third kappa shape index (κ3) is 5.66. The summed E-state index contributed by atoms with van der Waals surface area (Å²) in [6.45, 7) is 0. The lowest BCUT2D eigenvalue weighted by molar-refractivity contribution is -0.384. The SMILES string of the molecule is CNc1cc(Cl)c(C(F)(F)F)cc1[N+](=O)[O-].O=[P+](O)O. The van der Waals surface area contributed by atoms with E-state index < -0.39 is 35.6 Å². The molecule has 0 aliphatic heterocycles. The molecule has 0 aliphatic carbocycles. The summed E-state index contributed by atoms with van der Waals surface area (Å²) in [6, 6.07) is 1.29. The third-order valence-corrected chi connectivity index (χ3v) is 2.17. The van der Waals surface area contributed by atoms with Gasteiger partial charge in [-0.05, 0) is 6.07 Å². The topological polar surface area (TPSA) is 113 Å². The first-order valence-corrected chi connectivity index (χ1v) is 6.13. The second-order valence-corrected chi connectivity index (χ2v) is 4.02. The molecule has 0 atom stereocenters. The van der Waals surface area contributed by atoms with Gasteiger partial charge in [0.1, 0.15) is 5.69 Å². The molecule has 1 aromatic carbocycles. The molecule has 0 aliphatic rings. The van der Waals surface area contributed by atoms with Crippen LogP contribution in [0.15, 0.2) is 12.1 Å². The van der Waals surface area contributed by atoms with Crippen molar-refractivity contribution in [1.29, 1.82) is 0 Å². The van der Waals surface area contributed by atoms with Crippen LogP contribution in [0.5, 0.6) is 0 Å². The zero-order chi connectivity index (χ0) is 16.1. The normalized spacial score (nSPS) is 10.3. The first-order valence-electron chi connectivity index (χ1n) is 4.58. The predicted molar refractivity (Wildman–Crippen MR) is 64.7 cm³/mol. The molecule has 0 amide bonds. The van der Waals surface area contributed by atoms with E-state index in [1.54, 1.807) is 0 Å². The third-order valence-electron chi connectivity index (χ3n) is 1.86. The fourth-order valence-electron chi connectivity index (χ4n) is 1.13. The fraction of sp³-hybridized carbons (Fsp3) is 0.250. The number of nitrogens with one attached hydrogen (secondary N) is 1. The van der Waals surface area contributed by atoms with E-state index in [2.05, 4.69) is 5.32 Å². The van der Waals surface area contributed by atoms with Crippen molar-refractivity contribution >= 4 is 31.2 Å². The van der Waals surface area contributed by atoms with Crippen molar-refractivity contribution in [2.24, 2.45) is 0 Å². The van der Waals surface area contributed by atoms with Crippen molar-refractivity contribution < 1.29 is 32.4 Å². The van der Waals surface area contributed by atoms with Gasteiger partial charge in [0.15, 0.2) is 0 Å². The molecule has 0 aromatic heterocycles. The number of nitro benzene ring substituents is 1. The minimum atomic E-state index is -4.71. The van der Waals surface area contributed by atoms with Crippen LogP contribution < -0.4 is 5.32 Å². The molecule has 1 rings (SSSR count). The summed E-state index contributed by atoms with van der Waals surface area (Å²) in [7, 11) is -1.52. The Kier molecular flexibility index (Phi) is 6.80. The molecule has 0 bridgehead atoms. The van der Waals surface area contributed by atoms with Gasteiger partial charge in [0.05, 0.1) is 15.5 Å². The van der Waals surface area contributed by atoms with Crippen molar-refractivity contribution in [2.75, 3.05) is 12.4 Å². The van der Waals surface area contributed by atoms with E-state index in [-0.39, 0.29) is 5.69 Å². The largest absolute Gasteiger partial charge is 0.692 e. The molecule has 0 heterocycles. The lowest BCUT2D eigenvalue weighted by Gasteiger charge is -2.10. The Morgan fingerprint density at radius 1 is 1.40 bits per heavy atom. The van der Waals surface area contributed by atoms with Crippen molar-refractivity contribution in [1.82, 2.24) is 0 Å². The van der Waals surface area contributed by atoms with Crippen LogP contribution in [0.3, 0.4) is 0 Å². The van der Waals surface area contributed by atoms with Crippen molar-refractivity contribution in [2.45, 2.75) is 6.18 Å². The smallest absolute Gasteiger partial charge is 0.383 e. The van der Waals surface area contributed by atoms with Gasteiger partial charge in [0.2, 0.25) is 0 Å². The van der Waals surface area contributed by atoms with Crippen LogP contribution in [0.1, 0.15) is 5.56 Å². The highest BCUT2D eigenvalue weighted by atomic mass is 35.5. The van der Waals surface area contributed by atoms with E-state index in [0.717, 1.165) is 6.07 Å². The maximum atomic E-state index is 12.4. The predicted octanol–water partition coefficient (Wildman–Crippen LogP) is 2.94. The number of alkyl halides is 3. The Morgan fingerprint density at radius 2 is 1.85 bits per heavy atom. The summed E-state index contributed by atoms with van der Waals surface area (Å²) >= 11 is 5.39. The molecule has 3 N–H and O–H groups in total. The minimum absolute atomic E-state index is 0.0667. The van der Waals surface area contributed by atoms with Gasteiger partial charge in [-0.15, -0.1) is 9.79 Å². The summed E-state index contributed by atoms with van der Waals surface area (Å²) in [6.07, 6.45) is -4.71. The van der Waals surface area contributed by atoms with Gasteiger partial charge in [-0.2, -0.15) is 13.2 Å². The standard InChI is InChI=1S/C8H6ClF3N2O2.HO3P/c1-13-6-3-5(9)4(8(10,11)12)2-7(6)14(15)16;1-4(2)3/h2-3,13H,1H3;(H-,1,2,3)/p+1. The zero-order valence-corrected chi connectivity index (χ0v) is 11.3. The monoisotopic (exact) mass is 335 g/mol. The van der Waals surface area contributed by atoms with Crippen molar-refractivity contribution in [3.05, 3.63) is 32.8 Å². The summed E-state index contributed by atoms with van der Waals surface area (Å²) in [4.78, 5) is 23.9. The highest BCUT2D eigenvalue weighted by molar-refractivity contribution is 7.30. The van der Waals surface area contributed by atoms with Gasteiger partial charge in [-0.3, -0.25) is 10.1 Å². The molecule has 0 saturated carbocycles. The number of anilines is 1. The molecular weight excluding hydrogens is 328 g/mol. The van der Waals surface area contributed by atoms with Gasteiger partial charge in [0, 0.05) is 17.7 Å². The molecular formula is C8H8ClF3N2O5P+. The molecule has 20 heavy (non-hydrogen) atoms. The number of hydrogen-bond acceptors (Lipinski definition) is 4. The van der Waals surface area contributed by atoms with E-state index in [9.17, 15) is 23.3 Å². The van der Waals surface area contributed by atoms with Crippen LogP contribution in [0, 0.1) is 10.1 Å². The molecule has 1 aromatic rings. The molecule has 0 unspecified atom stereocenters. The van der Waals surface area contributed by atoms with Crippen molar-refractivity contribution in [3.8, 4) is 0 Å². The summed E-state index contributed by atoms with van der Waals surface area (Å²) < 4.78 is 45.9. The van der Waals surface area contributed by atoms with Crippen LogP contribution in [-0.2, 0) is 10.7 Å². The molecule has 0 fully saturated rings. The zero-order valence-electron chi connectivity index (χ0n) is 9.68. The molecule has 7 nitrogen and oxygen atoms in total. The van der Waals surface area contributed by atoms with Gasteiger partial charge >= 0.3 is 14.4 Å². The number of rotatable bonds is 2. The summed E-state index contributed by atoms with van der Waals surface area (Å²) in [5.41, 5.74) is -1.96. The summed E-state index contributed by atoms with van der Waals surface area (Å²) in [5, 5.41) is 12.3. The molecule has 0 radical (unpaired) electrons. The number of halogens is 4. The number of nitrogens with zero attached hydrogens (tertiary/aromatic N) is 1. The average Bonchev–Trinajstić information content (AvgIpc) is 2.25. The van der Waals surface area contributed by atoms with Crippen LogP contribution in [0.25, 0.3) is 0 Å². The molecule has 0 spiro atoms. The van der Waals surface area contributed by atoms with Crippen LogP contribution in [0.2, 0.25) is 5.02 Å². The number of benzene rings is 1. The Hall–Kier alpha value is -1.48. The molecule has 12 heteroatoms. The maximum absolute atomic E-state index is 12.4. The number of hydrogen-bond donors (Lipinski definition) is 3. The Balaban J connectivity index is 0.000000796. The van der Waals surface area contributed by atoms with Gasteiger partial charge in [-0.25, -0.2) is 0 Å². The molecule has 112 valence electrons. The van der Waals surface area contributed by atoms with E-state index in [4.69, 9.17) is 26.0 Å². The lowest BCUT2D eigenvalue weighted by Crippen LogP contribution is -2.08. The van der Waals surface area contributed by atoms with E-state index >= 15 is 0 Å². The van der Waals surface area contributed by atoms with Gasteiger partial charge in [0.25, 0.3) is 5.69 Å². The van der Waals surface area contributed by atoms with Gasteiger partial charge < -0.3 is 5.32 Å². The van der Waals surface area contributed by atoms with E-state index in [1.807, 2.05) is 0 Å². The van der Waals surface area contributed by atoms with E-state index in [1.165, 1.54) is 7.05 Å². The van der Waals surface area contributed by atoms with Crippen LogP contribution >= 0.6 is 19.9 Å². The first kappa shape index (κ1) is 18.5.